The molecular weight excluding hydrogens is 369 g/mol. The van der Waals surface area contributed by atoms with Gasteiger partial charge in [0.05, 0.1) is 36.4 Å². The van der Waals surface area contributed by atoms with Crippen LogP contribution in [0.1, 0.15) is 11.4 Å². The predicted molar refractivity (Wildman–Crippen MR) is 90.6 cm³/mol. The smallest absolute Gasteiger partial charge is 0.329 e. The first-order valence-corrected chi connectivity index (χ1v) is 8.21. The second-order valence-electron chi connectivity index (χ2n) is 5.46. The van der Waals surface area contributed by atoms with Crippen LogP contribution in [0.2, 0.25) is 10.0 Å². The molecule has 9 heteroatoms. The second kappa shape index (κ2) is 7.33. The molecule has 0 aliphatic carbocycles. The molecule has 132 valence electrons. The normalized spacial score (nSPS) is 16.3. The van der Waals surface area contributed by atoms with Crippen molar-refractivity contribution in [2.75, 3.05) is 13.7 Å². The number of halogens is 2. The van der Waals surface area contributed by atoms with Crippen LogP contribution in [-0.2, 0) is 27.3 Å². The summed E-state index contributed by atoms with van der Waals surface area (Å²) in [4.78, 5) is 33.2. The van der Waals surface area contributed by atoms with Crippen LogP contribution in [-0.4, -0.2) is 46.5 Å². The van der Waals surface area contributed by atoms with Gasteiger partial charge in [-0.05, 0) is 18.2 Å². The van der Waals surface area contributed by atoms with Crippen LogP contribution in [0, 0.1) is 0 Å². The van der Waals surface area contributed by atoms with Crippen LogP contribution < -0.4 is 4.74 Å². The lowest BCUT2D eigenvalue weighted by Crippen LogP contribution is -2.50. The number of imidazole rings is 1. The van der Waals surface area contributed by atoms with E-state index in [9.17, 15) is 9.59 Å². The molecule has 1 unspecified atom stereocenters. The van der Waals surface area contributed by atoms with E-state index in [0.29, 0.717) is 22.2 Å². The van der Waals surface area contributed by atoms with E-state index in [1.807, 2.05) is 0 Å². The molecule has 7 nitrogen and oxygen atoms in total. The number of fused-ring (bicyclic) bond motifs is 1. The average molecular weight is 384 g/mol. The summed E-state index contributed by atoms with van der Waals surface area (Å²) in [6, 6.07) is 3.98. The average Bonchev–Trinajstić information content (AvgIpc) is 3.06. The molecule has 3 rings (SSSR count). The lowest BCUT2D eigenvalue weighted by Gasteiger charge is -2.33. The summed E-state index contributed by atoms with van der Waals surface area (Å²) in [7, 11) is 1.29. The number of carbonyl (C=O) groups excluding carboxylic acids is 2. The number of ether oxygens (including phenoxy) is 2. The standard InChI is InChI=1S/C16H15Cl2N3O4/c1-24-16(23)13-5-11-12(20-8-19-11)6-21(13)15(22)7-25-14-3-2-9(17)4-10(14)18/h2-4,8,13H,5-7H2,1H3,(H,19,20). The summed E-state index contributed by atoms with van der Waals surface area (Å²) in [5, 5.41) is 0.775. The summed E-state index contributed by atoms with van der Waals surface area (Å²) < 4.78 is 10.3. The maximum atomic E-state index is 12.6. The third-order valence-electron chi connectivity index (χ3n) is 3.94. The van der Waals surface area contributed by atoms with Crippen LogP contribution in [0.25, 0.3) is 0 Å². The molecule has 1 amide bonds. The van der Waals surface area contributed by atoms with E-state index >= 15 is 0 Å². The van der Waals surface area contributed by atoms with Gasteiger partial charge in [0, 0.05) is 11.4 Å². The molecule has 1 aromatic heterocycles. The zero-order valence-electron chi connectivity index (χ0n) is 13.3. The van der Waals surface area contributed by atoms with Crippen molar-refractivity contribution in [1.82, 2.24) is 14.9 Å². The van der Waals surface area contributed by atoms with Crippen LogP contribution in [0.15, 0.2) is 24.5 Å². The number of aromatic amines is 1. The number of methoxy groups -OCH3 is 1. The molecular formula is C16H15Cl2N3O4. The van der Waals surface area contributed by atoms with E-state index in [0.717, 1.165) is 11.4 Å². The maximum Gasteiger partial charge on any atom is 0.329 e. The summed E-state index contributed by atoms with van der Waals surface area (Å²) in [5.74, 6) is -0.513. The number of carbonyl (C=O) groups is 2. The van der Waals surface area contributed by atoms with Gasteiger partial charge in [-0.15, -0.1) is 0 Å². The lowest BCUT2D eigenvalue weighted by molar-refractivity contribution is -0.154. The number of rotatable bonds is 4. The number of benzene rings is 1. The summed E-state index contributed by atoms with van der Waals surface area (Å²) >= 11 is 11.9. The number of hydrogen-bond donors (Lipinski definition) is 1. The fraction of sp³-hybridized carbons (Fsp3) is 0.312. The molecule has 0 bridgehead atoms. The fourth-order valence-electron chi connectivity index (χ4n) is 2.66. The molecule has 0 fully saturated rings. The van der Waals surface area contributed by atoms with Gasteiger partial charge in [-0.1, -0.05) is 23.2 Å². The minimum Gasteiger partial charge on any atom is -0.482 e. The number of nitrogens with one attached hydrogen (secondary N) is 1. The monoisotopic (exact) mass is 383 g/mol. The van der Waals surface area contributed by atoms with Gasteiger partial charge in [0.2, 0.25) is 0 Å². The molecule has 1 atom stereocenters. The second-order valence-corrected chi connectivity index (χ2v) is 6.30. The van der Waals surface area contributed by atoms with Crippen molar-refractivity contribution in [2.24, 2.45) is 0 Å². The third-order valence-corrected chi connectivity index (χ3v) is 4.47. The molecule has 2 aromatic rings. The van der Waals surface area contributed by atoms with Gasteiger partial charge in [-0.2, -0.15) is 0 Å². The first-order chi connectivity index (χ1) is 12.0. The Labute approximate surface area is 153 Å². The van der Waals surface area contributed by atoms with Gasteiger partial charge in [0.15, 0.2) is 6.61 Å². The van der Waals surface area contributed by atoms with Crippen molar-refractivity contribution in [3.8, 4) is 5.75 Å². The van der Waals surface area contributed by atoms with Gasteiger partial charge in [0.1, 0.15) is 11.8 Å². The van der Waals surface area contributed by atoms with E-state index in [-0.39, 0.29) is 19.1 Å². The Morgan fingerprint density at radius 3 is 2.92 bits per heavy atom. The molecule has 1 N–H and O–H groups in total. The maximum absolute atomic E-state index is 12.6. The van der Waals surface area contributed by atoms with Crippen LogP contribution >= 0.6 is 23.2 Å². The Morgan fingerprint density at radius 1 is 1.40 bits per heavy atom. The Bertz CT molecular complexity index is 808. The van der Waals surface area contributed by atoms with Crippen molar-refractivity contribution >= 4 is 35.1 Å². The number of esters is 1. The highest BCUT2D eigenvalue weighted by atomic mass is 35.5. The molecule has 1 aromatic carbocycles. The fourth-order valence-corrected chi connectivity index (χ4v) is 3.12. The summed E-state index contributed by atoms with van der Waals surface area (Å²) in [6.45, 7) is -0.0377. The Kier molecular flexibility index (Phi) is 5.15. The van der Waals surface area contributed by atoms with Gasteiger partial charge >= 0.3 is 5.97 Å². The molecule has 1 aliphatic heterocycles. The largest absolute Gasteiger partial charge is 0.482 e. The molecule has 2 heterocycles. The Morgan fingerprint density at radius 2 is 2.20 bits per heavy atom. The summed E-state index contributed by atoms with van der Waals surface area (Å²) in [5.41, 5.74) is 1.54. The molecule has 0 saturated carbocycles. The topological polar surface area (TPSA) is 84.5 Å². The number of H-pyrrole nitrogens is 1. The summed E-state index contributed by atoms with van der Waals surface area (Å²) in [6.07, 6.45) is 1.83. The van der Waals surface area contributed by atoms with Crippen molar-refractivity contribution in [1.29, 1.82) is 0 Å². The van der Waals surface area contributed by atoms with Crippen LogP contribution in [0.3, 0.4) is 0 Å². The van der Waals surface area contributed by atoms with Gasteiger partial charge in [-0.3, -0.25) is 4.79 Å². The predicted octanol–water partition coefficient (Wildman–Crippen LogP) is 2.22. The van der Waals surface area contributed by atoms with Gasteiger partial charge < -0.3 is 19.4 Å². The first kappa shape index (κ1) is 17.6. The van der Waals surface area contributed by atoms with Crippen LogP contribution in [0.5, 0.6) is 5.75 Å². The van der Waals surface area contributed by atoms with E-state index in [1.165, 1.54) is 24.4 Å². The molecule has 0 radical (unpaired) electrons. The molecule has 0 spiro atoms. The Balaban J connectivity index is 1.73. The van der Waals surface area contributed by atoms with E-state index in [2.05, 4.69) is 9.97 Å². The minimum absolute atomic E-state index is 0.228. The van der Waals surface area contributed by atoms with Crippen molar-refractivity contribution < 1.29 is 19.1 Å². The zero-order chi connectivity index (χ0) is 18.0. The highest BCUT2D eigenvalue weighted by molar-refractivity contribution is 6.35. The number of hydrogen-bond acceptors (Lipinski definition) is 5. The van der Waals surface area contributed by atoms with Crippen molar-refractivity contribution in [3.05, 3.63) is 46.0 Å². The van der Waals surface area contributed by atoms with Crippen molar-refractivity contribution in [3.63, 3.8) is 0 Å². The van der Waals surface area contributed by atoms with E-state index in [4.69, 9.17) is 32.7 Å². The van der Waals surface area contributed by atoms with Gasteiger partial charge in [-0.25, -0.2) is 9.78 Å². The first-order valence-electron chi connectivity index (χ1n) is 7.46. The SMILES string of the molecule is COC(=O)C1Cc2nc[nH]c2CN1C(=O)COc1ccc(Cl)cc1Cl. The third kappa shape index (κ3) is 3.72. The number of nitrogens with zero attached hydrogens (tertiary/aromatic N) is 2. The van der Waals surface area contributed by atoms with Crippen LogP contribution in [0.4, 0.5) is 0 Å². The van der Waals surface area contributed by atoms with Crippen molar-refractivity contribution in [2.45, 2.75) is 19.0 Å². The number of amides is 1. The highest BCUT2D eigenvalue weighted by Crippen LogP contribution is 2.28. The molecule has 25 heavy (non-hydrogen) atoms. The minimum atomic E-state index is -0.738. The van der Waals surface area contributed by atoms with Gasteiger partial charge in [0.25, 0.3) is 5.91 Å². The zero-order valence-corrected chi connectivity index (χ0v) is 14.8. The highest BCUT2D eigenvalue weighted by Gasteiger charge is 2.36. The molecule has 1 aliphatic rings. The molecule has 0 saturated heterocycles. The number of aromatic nitrogens is 2. The Hall–Kier alpha value is -2.25. The van der Waals surface area contributed by atoms with E-state index in [1.54, 1.807) is 12.1 Å². The van der Waals surface area contributed by atoms with E-state index < -0.39 is 12.0 Å². The quantitative estimate of drug-likeness (QED) is 0.818. The lowest BCUT2D eigenvalue weighted by atomic mass is 10.0.